The quantitative estimate of drug-likeness (QED) is 0.795. The van der Waals surface area contributed by atoms with Crippen LogP contribution in [0.25, 0.3) is 0 Å². The van der Waals surface area contributed by atoms with Gasteiger partial charge < -0.3 is 10.1 Å². The minimum Gasteiger partial charge on any atom is -0.494 e. The van der Waals surface area contributed by atoms with Crippen LogP contribution < -0.4 is 10.1 Å². The van der Waals surface area contributed by atoms with Crippen molar-refractivity contribution in [1.82, 2.24) is 5.32 Å². The van der Waals surface area contributed by atoms with Gasteiger partial charge in [-0.1, -0.05) is 25.1 Å². The number of rotatable bonds is 6. The van der Waals surface area contributed by atoms with Gasteiger partial charge in [0.1, 0.15) is 5.75 Å². The molecule has 2 aromatic rings. The van der Waals surface area contributed by atoms with Crippen molar-refractivity contribution < 1.29 is 4.74 Å². The smallest absolute Gasteiger partial charge is 0.124 e. The van der Waals surface area contributed by atoms with E-state index < -0.39 is 0 Å². The van der Waals surface area contributed by atoms with Crippen LogP contribution in [0.5, 0.6) is 5.75 Å². The van der Waals surface area contributed by atoms with Gasteiger partial charge in [0.25, 0.3) is 0 Å². The highest BCUT2D eigenvalue weighted by Gasteiger charge is 2.20. The lowest BCUT2D eigenvalue weighted by Crippen LogP contribution is -2.22. The second-order valence-electron chi connectivity index (χ2n) is 4.52. The molecule has 0 radical (unpaired) electrons. The first-order valence-electron chi connectivity index (χ1n) is 6.88. The summed E-state index contributed by atoms with van der Waals surface area (Å²) in [5.41, 5.74) is 2.51. The number of thiophene rings is 1. The Labute approximate surface area is 133 Å². The van der Waals surface area contributed by atoms with Crippen LogP contribution in [0, 0.1) is 6.92 Å². The molecule has 0 spiro atoms. The predicted molar refractivity (Wildman–Crippen MR) is 89.9 cm³/mol. The Morgan fingerprint density at radius 2 is 2.00 bits per heavy atom. The molecule has 1 N–H and O–H groups in total. The number of nitrogens with one attached hydrogen (secondary N) is 1. The van der Waals surface area contributed by atoms with Crippen molar-refractivity contribution in [2.75, 3.05) is 13.2 Å². The third-order valence-electron chi connectivity index (χ3n) is 3.18. The summed E-state index contributed by atoms with van der Waals surface area (Å²) in [5, 5.41) is 3.57. The van der Waals surface area contributed by atoms with E-state index in [0.29, 0.717) is 6.61 Å². The summed E-state index contributed by atoms with van der Waals surface area (Å²) in [5.74, 6) is 0.961. The lowest BCUT2D eigenvalue weighted by atomic mass is 9.98. The van der Waals surface area contributed by atoms with Crippen LogP contribution in [0.4, 0.5) is 0 Å². The van der Waals surface area contributed by atoms with Crippen molar-refractivity contribution in [3.8, 4) is 5.75 Å². The number of para-hydroxylation sites is 1. The van der Waals surface area contributed by atoms with E-state index in [4.69, 9.17) is 4.74 Å². The molecule has 0 saturated heterocycles. The van der Waals surface area contributed by atoms with Crippen LogP contribution in [0.1, 0.15) is 35.9 Å². The highest BCUT2D eigenvalue weighted by atomic mass is 79.9. The van der Waals surface area contributed by atoms with Gasteiger partial charge in [-0.05, 0) is 54.0 Å². The normalized spacial score (nSPS) is 12.4. The van der Waals surface area contributed by atoms with Gasteiger partial charge in [0.05, 0.1) is 16.4 Å². The number of ether oxygens (including phenoxy) is 1. The Morgan fingerprint density at radius 1 is 1.25 bits per heavy atom. The van der Waals surface area contributed by atoms with Gasteiger partial charge in [-0.25, -0.2) is 0 Å². The molecule has 0 amide bonds. The van der Waals surface area contributed by atoms with E-state index in [2.05, 4.69) is 53.3 Å². The van der Waals surface area contributed by atoms with Crippen LogP contribution in [-0.4, -0.2) is 13.2 Å². The van der Waals surface area contributed by atoms with E-state index in [1.165, 1.54) is 19.8 Å². The molecule has 1 aromatic heterocycles. The van der Waals surface area contributed by atoms with Gasteiger partial charge in [0.15, 0.2) is 0 Å². The summed E-state index contributed by atoms with van der Waals surface area (Å²) in [6, 6.07) is 10.6. The minimum atomic E-state index is 0.172. The van der Waals surface area contributed by atoms with Gasteiger partial charge in [-0.2, -0.15) is 0 Å². The molecule has 1 atom stereocenters. The summed E-state index contributed by atoms with van der Waals surface area (Å²) in [7, 11) is 0. The van der Waals surface area contributed by atoms with Gasteiger partial charge in [0, 0.05) is 10.4 Å². The second-order valence-corrected chi connectivity index (χ2v) is 7.16. The number of hydrogen-bond acceptors (Lipinski definition) is 3. The molecule has 20 heavy (non-hydrogen) atoms. The summed E-state index contributed by atoms with van der Waals surface area (Å²) in [6.07, 6.45) is 0. The zero-order chi connectivity index (χ0) is 14.5. The fraction of sp³-hybridized carbons (Fsp3) is 0.375. The molecular formula is C16H20BrNOS. The van der Waals surface area contributed by atoms with Crippen LogP contribution in [0.15, 0.2) is 34.1 Å². The second kappa shape index (κ2) is 7.25. The molecule has 108 valence electrons. The maximum atomic E-state index is 5.78. The molecular weight excluding hydrogens is 334 g/mol. The van der Waals surface area contributed by atoms with Crippen molar-refractivity contribution >= 4 is 27.3 Å². The maximum absolute atomic E-state index is 5.78. The number of halogens is 1. The standard InChI is InChI=1S/C16H20BrNOS/c1-4-18-16(13-10-15(17)20-11(13)3)12-8-6-7-9-14(12)19-5-2/h6-10,16,18H,4-5H2,1-3H3. The molecule has 0 fully saturated rings. The highest BCUT2D eigenvalue weighted by Crippen LogP contribution is 2.36. The number of benzene rings is 1. The van der Waals surface area contributed by atoms with E-state index in [1.54, 1.807) is 11.3 Å². The molecule has 4 heteroatoms. The van der Waals surface area contributed by atoms with Crippen molar-refractivity contribution in [3.05, 3.63) is 50.1 Å². The van der Waals surface area contributed by atoms with Crippen LogP contribution in [0.3, 0.4) is 0 Å². The molecule has 2 rings (SSSR count). The molecule has 1 aromatic carbocycles. The Morgan fingerprint density at radius 3 is 2.60 bits per heavy atom. The monoisotopic (exact) mass is 353 g/mol. The first kappa shape index (κ1) is 15.5. The Balaban J connectivity index is 2.45. The molecule has 1 heterocycles. The first-order chi connectivity index (χ1) is 9.67. The van der Waals surface area contributed by atoms with Crippen LogP contribution in [0.2, 0.25) is 0 Å². The van der Waals surface area contributed by atoms with E-state index in [-0.39, 0.29) is 6.04 Å². The average Bonchev–Trinajstić information content (AvgIpc) is 2.76. The molecule has 2 nitrogen and oxygen atoms in total. The lowest BCUT2D eigenvalue weighted by molar-refractivity contribution is 0.333. The van der Waals surface area contributed by atoms with Gasteiger partial charge in [0.2, 0.25) is 0 Å². The van der Waals surface area contributed by atoms with E-state index in [0.717, 1.165) is 12.3 Å². The third-order valence-corrected chi connectivity index (χ3v) is 4.74. The van der Waals surface area contributed by atoms with E-state index in [1.807, 2.05) is 19.1 Å². The van der Waals surface area contributed by atoms with E-state index in [9.17, 15) is 0 Å². The number of hydrogen-bond donors (Lipinski definition) is 1. The Kier molecular flexibility index (Phi) is 5.64. The van der Waals surface area contributed by atoms with Crippen LogP contribution in [-0.2, 0) is 0 Å². The lowest BCUT2D eigenvalue weighted by Gasteiger charge is -2.21. The molecule has 0 bridgehead atoms. The van der Waals surface area contributed by atoms with Crippen molar-refractivity contribution in [1.29, 1.82) is 0 Å². The number of aryl methyl sites for hydroxylation is 1. The molecule has 0 aliphatic rings. The molecule has 0 aliphatic carbocycles. The van der Waals surface area contributed by atoms with Gasteiger partial charge >= 0.3 is 0 Å². The van der Waals surface area contributed by atoms with Crippen LogP contribution >= 0.6 is 27.3 Å². The summed E-state index contributed by atoms with van der Waals surface area (Å²) < 4.78 is 6.95. The predicted octanol–water partition coefficient (Wildman–Crippen LogP) is 4.92. The first-order valence-corrected chi connectivity index (χ1v) is 8.49. The third kappa shape index (κ3) is 3.43. The van der Waals surface area contributed by atoms with Crippen molar-refractivity contribution in [3.63, 3.8) is 0 Å². The summed E-state index contributed by atoms with van der Waals surface area (Å²) in [6.45, 7) is 7.91. The van der Waals surface area contributed by atoms with Gasteiger partial charge in [-0.3, -0.25) is 0 Å². The van der Waals surface area contributed by atoms with Crippen molar-refractivity contribution in [2.24, 2.45) is 0 Å². The van der Waals surface area contributed by atoms with E-state index >= 15 is 0 Å². The zero-order valence-corrected chi connectivity index (χ0v) is 14.5. The fourth-order valence-corrected chi connectivity index (χ4v) is 4.09. The average molecular weight is 354 g/mol. The maximum Gasteiger partial charge on any atom is 0.124 e. The Hall–Kier alpha value is -0.840. The topological polar surface area (TPSA) is 21.3 Å². The minimum absolute atomic E-state index is 0.172. The molecule has 0 saturated carbocycles. The molecule has 1 unspecified atom stereocenters. The summed E-state index contributed by atoms with van der Waals surface area (Å²) in [4.78, 5) is 1.33. The zero-order valence-electron chi connectivity index (χ0n) is 12.1. The SMILES string of the molecule is CCNC(c1ccccc1OCC)c1cc(Br)sc1C. The van der Waals surface area contributed by atoms with Crippen molar-refractivity contribution in [2.45, 2.75) is 26.8 Å². The van der Waals surface area contributed by atoms with Gasteiger partial charge in [-0.15, -0.1) is 11.3 Å². The highest BCUT2D eigenvalue weighted by molar-refractivity contribution is 9.11. The molecule has 0 aliphatic heterocycles. The largest absolute Gasteiger partial charge is 0.494 e. The Bertz CT molecular complexity index is 567. The summed E-state index contributed by atoms with van der Waals surface area (Å²) >= 11 is 5.36. The fourth-order valence-electron chi connectivity index (χ4n) is 2.34.